The first kappa shape index (κ1) is 57.6. The van der Waals surface area contributed by atoms with Crippen molar-refractivity contribution in [3.63, 3.8) is 0 Å². The highest BCUT2D eigenvalue weighted by molar-refractivity contribution is 7.47. The summed E-state index contributed by atoms with van der Waals surface area (Å²) in [6.45, 7) is 4.05. The number of allylic oxidation sites excluding steroid dienone is 16. The quantitative estimate of drug-likeness (QED) is 0.0155. The number of quaternary nitrogens is 1. The van der Waals surface area contributed by atoms with Crippen LogP contribution >= 0.6 is 7.82 Å². The fourth-order valence-electron chi connectivity index (χ4n) is 5.29. The summed E-state index contributed by atoms with van der Waals surface area (Å²) in [5.41, 5.74) is 0. The molecule has 0 saturated heterocycles. The number of carbonyl (C=O) groups is 2. The molecule has 0 aliphatic heterocycles. The molecule has 0 aliphatic rings. The topological polar surface area (TPSA) is 129 Å². The van der Waals surface area contributed by atoms with Crippen molar-refractivity contribution < 1.29 is 47.2 Å². The van der Waals surface area contributed by atoms with Gasteiger partial charge in [-0.15, -0.1) is 0 Å². The molecule has 0 aromatic heterocycles. The van der Waals surface area contributed by atoms with E-state index in [1.54, 1.807) is 6.08 Å². The predicted octanol–water partition coefficient (Wildman–Crippen LogP) is 12.1. The minimum atomic E-state index is -4.42. The van der Waals surface area contributed by atoms with Gasteiger partial charge in [0.2, 0.25) is 0 Å². The van der Waals surface area contributed by atoms with Gasteiger partial charge < -0.3 is 24.0 Å². The maximum atomic E-state index is 12.7. The largest absolute Gasteiger partial charge is 0.472 e. The molecule has 0 rings (SSSR count). The molecule has 0 fully saturated rings. The maximum absolute atomic E-state index is 12.7. The van der Waals surface area contributed by atoms with E-state index in [1.807, 2.05) is 57.6 Å². The predicted molar refractivity (Wildman–Crippen MR) is 253 cm³/mol. The van der Waals surface area contributed by atoms with E-state index in [2.05, 4.69) is 80.7 Å². The Hall–Kier alpha value is -3.37. The fourth-order valence-corrected chi connectivity index (χ4v) is 6.03. The first-order valence-electron chi connectivity index (χ1n) is 22.7. The molecule has 11 heteroatoms. The first-order valence-corrected chi connectivity index (χ1v) is 24.2. The Labute approximate surface area is 370 Å². The van der Waals surface area contributed by atoms with Gasteiger partial charge >= 0.3 is 19.8 Å². The van der Waals surface area contributed by atoms with Gasteiger partial charge in [-0.05, 0) is 89.9 Å². The smallest absolute Gasteiger partial charge is 0.462 e. The van der Waals surface area contributed by atoms with Gasteiger partial charge in [0, 0.05) is 12.8 Å². The van der Waals surface area contributed by atoms with E-state index in [0.29, 0.717) is 43.1 Å². The molecule has 3 atom stereocenters. The van der Waals surface area contributed by atoms with Crippen molar-refractivity contribution in [3.05, 3.63) is 109 Å². The maximum Gasteiger partial charge on any atom is 0.472 e. The molecule has 2 N–H and O–H groups in total. The summed E-state index contributed by atoms with van der Waals surface area (Å²) in [4.78, 5) is 35.4. The Morgan fingerprint density at radius 2 is 1.15 bits per heavy atom. The second-order valence-corrected chi connectivity index (χ2v) is 17.3. The van der Waals surface area contributed by atoms with Crippen molar-refractivity contribution >= 4 is 19.8 Å². The summed E-state index contributed by atoms with van der Waals surface area (Å²) in [7, 11) is 1.36. The lowest BCUT2D eigenvalue weighted by Gasteiger charge is -2.24. The summed E-state index contributed by atoms with van der Waals surface area (Å²) >= 11 is 0. The molecule has 0 amide bonds. The zero-order chi connectivity index (χ0) is 45.1. The number of hydrogen-bond donors (Lipinski definition) is 2. The monoisotopic (exact) mass is 873 g/mol. The van der Waals surface area contributed by atoms with Gasteiger partial charge in [-0.1, -0.05) is 142 Å². The molecule has 61 heavy (non-hydrogen) atoms. The number of aliphatic hydroxyl groups excluding tert-OH is 1. The SMILES string of the molecule is CC/C=C\C/C=C\C/C=C\C/C=C\C/C=C\CCCCCC(=O)OC[C@H](COP(=O)(O)OCC[N+](C)(C)C)OC(=O)CCC/C=C/C/C=C\C[C@@H](O)/C=C\C=C/CCCCC. The number of esters is 2. The Morgan fingerprint density at radius 1 is 0.607 bits per heavy atom. The van der Waals surface area contributed by atoms with E-state index >= 15 is 0 Å². The molecule has 1 unspecified atom stereocenters. The Morgan fingerprint density at radius 3 is 1.75 bits per heavy atom. The van der Waals surface area contributed by atoms with E-state index in [-0.39, 0.29) is 26.1 Å². The molecule has 0 bridgehead atoms. The number of carbonyl (C=O) groups excluding carboxylic acids is 2. The van der Waals surface area contributed by atoms with Crippen LogP contribution in [0.25, 0.3) is 0 Å². The number of ether oxygens (including phenoxy) is 2. The Kier molecular flexibility index (Phi) is 38.4. The number of phosphoric ester groups is 1. The van der Waals surface area contributed by atoms with Gasteiger partial charge in [0.05, 0.1) is 33.9 Å². The van der Waals surface area contributed by atoms with Crippen molar-refractivity contribution in [1.82, 2.24) is 0 Å². The lowest BCUT2D eigenvalue weighted by atomic mass is 10.1. The van der Waals surface area contributed by atoms with Gasteiger partial charge in [0.25, 0.3) is 0 Å². The van der Waals surface area contributed by atoms with Crippen LogP contribution in [0.15, 0.2) is 109 Å². The van der Waals surface area contributed by atoms with Crippen LogP contribution in [-0.2, 0) is 32.7 Å². The van der Waals surface area contributed by atoms with Crippen molar-refractivity contribution in [2.45, 2.75) is 148 Å². The summed E-state index contributed by atoms with van der Waals surface area (Å²) < 4.78 is 34.2. The lowest BCUT2D eigenvalue weighted by Crippen LogP contribution is -2.37. The van der Waals surface area contributed by atoms with Crippen LogP contribution in [0.2, 0.25) is 0 Å². The second kappa shape index (κ2) is 40.7. The molecule has 0 aromatic rings. The molecule has 0 heterocycles. The molecule has 0 radical (unpaired) electrons. The van der Waals surface area contributed by atoms with E-state index in [1.165, 1.54) is 19.3 Å². The minimum Gasteiger partial charge on any atom is -0.462 e. The molecule has 0 saturated carbocycles. The van der Waals surface area contributed by atoms with Gasteiger partial charge in [-0.25, -0.2) is 4.57 Å². The number of unbranched alkanes of at least 4 members (excludes halogenated alkanes) is 7. The highest BCUT2D eigenvalue weighted by Crippen LogP contribution is 2.43. The molecule has 0 spiro atoms. The average molecular weight is 873 g/mol. The fraction of sp³-hybridized carbons (Fsp3) is 0.600. The highest BCUT2D eigenvalue weighted by atomic mass is 31.2. The zero-order valence-corrected chi connectivity index (χ0v) is 39.4. The van der Waals surface area contributed by atoms with Crippen LogP contribution in [0.1, 0.15) is 136 Å². The second-order valence-electron chi connectivity index (χ2n) is 15.9. The van der Waals surface area contributed by atoms with E-state index < -0.39 is 38.6 Å². The molecular weight excluding hydrogens is 790 g/mol. The third-order valence-corrected chi connectivity index (χ3v) is 9.85. The third kappa shape index (κ3) is 44.5. The van der Waals surface area contributed by atoms with Crippen molar-refractivity contribution in [1.29, 1.82) is 0 Å². The number of likely N-dealkylation sites (N-methyl/N-ethyl adjacent to an activating group) is 1. The summed E-state index contributed by atoms with van der Waals surface area (Å²) in [6, 6.07) is 0. The normalized spacial score (nSPS) is 15.1. The molecule has 0 aliphatic carbocycles. The third-order valence-electron chi connectivity index (χ3n) is 8.87. The van der Waals surface area contributed by atoms with E-state index in [0.717, 1.165) is 57.8 Å². The number of rotatable bonds is 39. The summed E-state index contributed by atoms with van der Waals surface area (Å²) in [6.07, 6.45) is 51.7. The van der Waals surface area contributed by atoms with Crippen LogP contribution < -0.4 is 0 Å². The molecule has 0 aromatic carbocycles. The van der Waals surface area contributed by atoms with Crippen molar-refractivity contribution in [3.8, 4) is 0 Å². The standard InChI is InChI=1S/C50H82NO9P/c1-6-8-10-12-14-15-16-17-18-19-20-21-22-23-24-25-29-33-37-41-49(53)57-45-48(46-59-61(55,56)58-44-43-51(3,4)5)60-50(54)42-38-34-30-26-28-32-36-40-47(52)39-35-31-27-13-11-9-7-2/h8,10,14-15,17-18,20-21,23-24,26-27,30-32,35-36,39,47-48,52H,6-7,9,11-13,16,19,22,25,28-29,33-34,37-38,40-46H2,1-5H3/p+1/b10-8-,15-14-,18-17-,21-20-,24-23-,30-26+,31-27-,36-32-,39-35-/t47-,48+/m0/s1. The van der Waals surface area contributed by atoms with Crippen molar-refractivity contribution in [2.24, 2.45) is 0 Å². The highest BCUT2D eigenvalue weighted by Gasteiger charge is 2.27. The number of aliphatic hydroxyl groups is 1. The molecule has 10 nitrogen and oxygen atoms in total. The number of hydrogen-bond acceptors (Lipinski definition) is 8. The number of phosphoric acid groups is 1. The summed E-state index contributed by atoms with van der Waals surface area (Å²) in [5, 5.41) is 10.1. The van der Waals surface area contributed by atoms with Crippen LogP contribution in [0.4, 0.5) is 0 Å². The first-order chi connectivity index (χ1) is 29.4. The minimum absolute atomic E-state index is 0.00245. The van der Waals surface area contributed by atoms with E-state index in [4.69, 9.17) is 18.5 Å². The van der Waals surface area contributed by atoms with Crippen molar-refractivity contribution in [2.75, 3.05) is 47.5 Å². The van der Waals surface area contributed by atoms with Crippen LogP contribution in [0.5, 0.6) is 0 Å². The summed E-state index contributed by atoms with van der Waals surface area (Å²) in [5.74, 6) is -0.956. The zero-order valence-electron chi connectivity index (χ0n) is 38.5. The van der Waals surface area contributed by atoms with Crippen LogP contribution in [0, 0.1) is 0 Å². The van der Waals surface area contributed by atoms with Crippen LogP contribution in [-0.4, -0.2) is 86.1 Å². The molecule has 346 valence electrons. The van der Waals surface area contributed by atoms with Crippen LogP contribution in [0.3, 0.4) is 0 Å². The molecular formula is C50H83NO9P+. The van der Waals surface area contributed by atoms with Gasteiger partial charge in [0.1, 0.15) is 19.8 Å². The lowest BCUT2D eigenvalue weighted by molar-refractivity contribution is -0.870. The number of nitrogens with zero attached hydrogens (tertiary/aromatic N) is 1. The average Bonchev–Trinajstić information content (AvgIpc) is 3.21. The Bertz CT molecular complexity index is 1420. The Balaban J connectivity index is 4.58. The van der Waals surface area contributed by atoms with Gasteiger partial charge in [-0.2, -0.15) is 0 Å². The van der Waals surface area contributed by atoms with Gasteiger partial charge in [0.15, 0.2) is 6.10 Å². The van der Waals surface area contributed by atoms with Gasteiger partial charge in [-0.3, -0.25) is 18.6 Å². The van der Waals surface area contributed by atoms with E-state index in [9.17, 15) is 24.2 Å².